The number of amides is 1. The van der Waals surface area contributed by atoms with Gasteiger partial charge in [-0.25, -0.2) is 4.98 Å². The summed E-state index contributed by atoms with van der Waals surface area (Å²) in [4.78, 5) is 21.3. The molecule has 140 valence electrons. The molecule has 27 heavy (non-hydrogen) atoms. The van der Waals surface area contributed by atoms with E-state index < -0.39 is 0 Å². The minimum atomic E-state index is -0.142. The Labute approximate surface area is 184 Å². The monoisotopic (exact) mass is 574 g/mol. The van der Waals surface area contributed by atoms with Gasteiger partial charge < -0.3 is 8.85 Å². The fraction of sp³-hybridized carbons (Fsp3) is 0.167. The van der Waals surface area contributed by atoms with Gasteiger partial charge >= 0.3 is 0 Å². The van der Waals surface area contributed by atoms with Gasteiger partial charge in [-0.05, 0) is 58.7 Å². The van der Waals surface area contributed by atoms with Crippen molar-refractivity contribution in [2.75, 3.05) is 3.53 Å². The molecule has 0 bridgehead atoms. The largest absolute Gasteiger partial charge is 0.346 e. The SMILES string of the molecule is CC(P)(P)c1ccc(CNC(=O)c2ccc3nc(NI)c(Br)cc3c2)nc1. The second kappa shape index (κ2) is 8.64. The van der Waals surface area contributed by atoms with Crippen molar-refractivity contribution < 1.29 is 4.79 Å². The zero-order chi connectivity index (χ0) is 19.6. The molecule has 2 atom stereocenters. The van der Waals surface area contributed by atoms with Gasteiger partial charge in [0, 0.05) is 22.0 Å². The topological polar surface area (TPSA) is 66.9 Å². The van der Waals surface area contributed by atoms with Crippen LogP contribution in [0.5, 0.6) is 0 Å². The third-order valence-corrected chi connectivity index (χ3v) is 5.78. The van der Waals surface area contributed by atoms with Crippen LogP contribution < -0.4 is 8.85 Å². The number of nitrogens with one attached hydrogen (secondary N) is 2. The number of hydrogen-bond donors (Lipinski definition) is 2. The fourth-order valence-corrected chi connectivity index (χ4v) is 4.04. The zero-order valence-corrected chi connectivity index (χ0v) is 20.5. The van der Waals surface area contributed by atoms with Gasteiger partial charge in [0.2, 0.25) is 0 Å². The van der Waals surface area contributed by atoms with E-state index in [0.717, 1.165) is 32.5 Å². The first-order chi connectivity index (χ1) is 12.8. The van der Waals surface area contributed by atoms with Crippen LogP contribution in [-0.2, 0) is 11.4 Å². The van der Waals surface area contributed by atoms with E-state index in [0.29, 0.717) is 12.1 Å². The zero-order valence-electron chi connectivity index (χ0n) is 14.5. The molecule has 2 N–H and O–H groups in total. The van der Waals surface area contributed by atoms with Gasteiger partial charge in [0.25, 0.3) is 5.91 Å². The lowest BCUT2D eigenvalue weighted by atomic mass is 10.1. The first-order valence-corrected chi connectivity index (χ1v) is 11.1. The predicted octanol–water partition coefficient (Wildman–Crippen LogP) is 5.01. The Bertz CT molecular complexity index is 993. The highest BCUT2D eigenvalue weighted by atomic mass is 127. The summed E-state index contributed by atoms with van der Waals surface area (Å²) in [5.74, 6) is 0.610. The molecule has 0 aliphatic heterocycles. The number of carbonyl (C=O) groups is 1. The Morgan fingerprint density at radius 1 is 1.26 bits per heavy atom. The van der Waals surface area contributed by atoms with Crippen LogP contribution in [0.1, 0.15) is 28.5 Å². The molecule has 1 aromatic carbocycles. The molecule has 3 rings (SSSR count). The van der Waals surface area contributed by atoms with E-state index in [4.69, 9.17) is 0 Å². The van der Waals surface area contributed by atoms with Crippen molar-refractivity contribution in [1.82, 2.24) is 15.3 Å². The number of aromatic nitrogens is 2. The van der Waals surface area contributed by atoms with Gasteiger partial charge in [-0.15, -0.1) is 18.5 Å². The maximum absolute atomic E-state index is 12.5. The molecule has 9 heteroatoms. The number of fused-ring (bicyclic) bond motifs is 1. The van der Waals surface area contributed by atoms with Crippen LogP contribution >= 0.6 is 57.3 Å². The van der Waals surface area contributed by atoms with E-state index in [1.807, 2.05) is 59.4 Å². The van der Waals surface area contributed by atoms with Crippen LogP contribution in [0.25, 0.3) is 10.9 Å². The van der Waals surface area contributed by atoms with Crippen LogP contribution in [0.2, 0.25) is 0 Å². The molecule has 0 fully saturated rings. The quantitative estimate of drug-likeness (QED) is 0.255. The lowest BCUT2D eigenvalue weighted by Gasteiger charge is -2.18. The van der Waals surface area contributed by atoms with E-state index in [-0.39, 0.29) is 10.8 Å². The molecule has 3 aromatic rings. The Hall–Kier alpha value is -0.880. The fourth-order valence-electron chi connectivity index (χ4n) is 2.48. The van der Waals surface area contributed by atoms with Crippen LogP contribution in [0.15, 0.2) is 47.1 Å². The highest BCUT2D eigenvalue weighted by Crippen LogP contribution is 2.37. The summed E-state index contributed by atoms with van der Waals surface area (Å²) in [5.41, 5.74) is 3.32. The Morgan fingerprint density at radius 2 is 2.04 bits per heavy atom. The van der Waals surface area contributed by atoms with Crippen molar-refractivity contribution in [2.24, 2.45) is 0 Å². The normalized spacial score (nSPS) is 11.4. The summed E-state index contributed by atoms with van der Waals surface area (Å²) >= 11 is 5.52. The third-order valence-electron chi connectivity index (χ3n) is 4.00. The molecule has 2 aromatic heterocycles. The van der Waals surface area contributed by atoms with E-state index in [1.165, 1.54) is 0 Å². The van der Waals surface area contributed by atoms with Crippen LogP contribution in [0, 0.1) is 0 Å². The lowest BCUT2D eigenvalue weighted by Crippen LogP contribution is -2.23. The van der Waals surface area contributed by atoms with Gasteiger partial charge in [-0.3, -0.25) is 9.78 Å². The second-order valence-electron chi connectivity index (χ2n) is 6.32. The number of rotatable bonds is 5. The van der Waals surface area contributed by atoms with Crippen LogP contribution in [0.3, 0.4) is 0 Å². The van der Waals surface area contributed by atoms with E-state index in [2.05, 4.69) is 60.1 Å². The van der Waals surface area contributed by atoms with Gasteiger partial charge in [0.15, 0.2) is 0 Å². The van der Waals surface area contributed by atoms with Crippen molar-refractivity contribution in [3.05, 3.63) is 63.9 Å². The summed E-state index contributed by atoms with van der Waals surface area (Å²) in [6, 6.07) is 11.4. The van der Waals surface area contributed by atoms with Crippen LogP contribution in [0.4, 0.5) is 5.82 Å². The molecule has 0 radical (unpaired) electrons. The predicted molar refractivity (Wildman–Crippen MR) is 129 cm³/mol. The molecular formula is C18H18BrIN4OP2. The van der Waals surface area contributed by atoms with Gasteiger partial charge in [0.1, 0.15) is 5.82 Å². The summed E-state index contributed by atoms with van der Waals surface area (Å²) in [7, 11) is 5.53. The molecule has 0 aliphatic rings. The highest BCUT2D eigenvalue weighted by Gasteiger charge is 2.14. The third kappa shape index (κ3) is 5.14. The minimum absolute atomic E-state index is 0.102. The van der Waals surface area contributed by atoms with E-state index >= 15 is 0 Å². The minimum Gasteiger partial charge on any atom is -0.346 e. The number of anilines is 1. The van der Waals surface area contributed by atoms with Crippen molar-refractivity contribution >= 4 is 79.9 Å². The molecule has 0 spiro atoms. The van der Waals surface area contributed by atoms with Crippen molar-refractivity contribution in [1.29, 1.82) is 0 Å². The smallest absolute Gasteiger partial charge is 0.251 e. The summed E-state index contributed by atoms with van der Waals surface area (Å²) in [5, 5.41) is 3.81. The standard InChI is InChI=1S/C18H18BrIN4OP2/c1-18(26,27)12-3-4-13(21-8-12)9-22-17(25)10-2-5-15-11(6-10)7-14(19)16(23-15)24-20/h2-8H,9,26-27H2,1H3,(H,22,25)(H,23,24). The number of pyridine rings is 2. The average Bonchev–Trinajstić information content (AvgIpc) is 2.64. The molecular weight excluding hydrogens is 557 g/mol. The summed E-state index contributed by atoms with van der Waals surface area (Å²) in [6.45, 7) is 2.45. The molecule has 0 saturated heterocycles. The average molecular weight is 575 g/mol. The molecule has 0 saturated carbocycles. The molecule has 2 unspecified atom stereocenters. The van der Waals surface area contributed by atoms with Gasteiger partial charge in [-0.1, -0.05) is 6.07 Å². The number of nitrogens with zero attached hydrogens (tertiary/aromatic N) is 2. The van der Waals surface area contributed by atoms with Crippen molar-refractivity contribution in [3.63, 3.8) is 0 Å². The first kappa shape index (κ1) is 20.8. The maximum atomic E-state index is 12.5. The summed E-state index contributed by atoms with van der Waals surface area (Å²) < 4.78 is 3.85. The van der Waals surface area contributed by atoms with Gasteiger partial charge in [-0.2, -0.15) is 0 Å². The second-order valence-corrected chi connectivity index (χ2v) is 10.8. The van der Waals surface area contributed by atoms with E-state index in [9.17, 15) is 4.79 Å². The first-order valence-electron chi connectivity index (χ1n) is 8.06. The Balaban J connectivity index is 1.72. The van der Waals surface area contributed by atoms with Crippen LogP contribution in [-0.4, -0.2) is 15.9 Å². The Morgan fingerprint density at radius 3 is 2.67 bits per heavy atom. The Kier molecular flexibility index (Phi) is 6.67. The summed E-state index contributed by atoms with van der Waals surface area (Å²) in [6.07, 6.45) is 1.83. The molecule has 2 heterocycles. The molecule has 5 nitrogen and oxygen atoms in total. The van der Waals surface area contributed by atoms with Gasteiger partial charge in [0.05, 0.1) is 45.1 Å². The number of carbonyl (C=O) groups excluding carboxylic acids is 1. The molecule has 1 amide bonds. The maximum Gasteiger partial charge on any atom is 0.251 e. The number of halogens is 2. The lowest BCUT2D eigenvalue weighted by molar-refractivity contribution is 0.0950. The number of benzene rings is 1. The van der Waals surface area contributed by atoms with E-state index in [1.54, 1.807) is 6.07 Å². The molecule has 0 aliphatic carbocycles. The van der Waals surface area contributed by atoms with Crippen molar-refractivity contribution in [2.45, 2.75) is 18.4 Å². The highest BCUT2D eigenvalue weighted by molar-refractivity contribution is 14.1. The number of hydrogen-bond acceptors (Lipinski definition) is 4. The van der Waals surface area contributed by atoms with Crippen molar-refractivity contribution in [3.8, 4) is 0 Å².